The fourth-order valence-corrected chi connectivity index (χ4v) is 2.40. The van der Waals surface area contributed by atoms with Gasteiger partial charge in [-0.3, -0.25) is 14.4 Å². The Morgan fingerprint density at radius 2 is 0.955 bits per heavy atom. The number of methoxy groups -OCH3 is 3. The van der Waals surface area contributed by atoms with E-state index < -0.39 is 73.5 Å². The molecule has 1 unspecified atom stereocenters. The van der Waals surface area contributed by atoms with Crippen LogP contribution in [0.4, 0.5) is 0 Å². The molecule has 0 aliphatic carbocycles. The fourth-order valence-electron chi connectivity index (χ4n) is 2.40. The summed E-state index contributed by atoms with van der Waals surface area (Å²) in [7, 11) is 4.84. The minimum atomic E-state index is -1.07. The number of hydrogen-bond donors (Lipinski definition) is 8. The van der Waals surface area contributed by atoms with E-state index in [2.05, 4.69) is 24.8 Å². The zero-order valence-electron chi connectivity index (χ0n) is 25.2. The number of esters is 3. The van der Waals surface area contributed by atoms with Crippen LogP contribution in [0, 0.1) is 0 Å². The van der Waals surface area contributed by atoms with Gasteiger partial charge in [-0.1, -0.05) is 0 Å². The van der Waals surface area contributed by atoms with Crippen LogP contribution in [0.1, 0.15) is 20.8 Å². The van der Waals surface area contributed by atoms with Crippen LogP contribution in [-0.4, -0.2) is 137 Å². The Hall–Kier alpha value is -4.16. The van der Waals surface area contributed by atoms with E-state index in [1.807, 2.05) is 0 Å². The van der Waals surface area contributed by atoms with Crippen LogP contribution in [-0.2, 0) is 60.0 Å². The van der Waals surface area contributed by atoms with E-state index in [0.717, 1.165) is 37.3 Å². The average molecular weight is 679 g/mol. The molecule has 18 nitrogen and oxygen atoms in total. The van der Waals surface area contributed by atoms with Gasteiger partial charge in [-0.2, -0.15) is 0 Å². The second-order valence-corrected chi connectivity index (χ2v) is 8.03. The minimum Gasteiger partial charge on any atom is -0.495 e. The number of hydrogen-bond acceptors (Lipinski definition) is 18. The molecule has 254 valence electrons. The number of aliphatic hydroxyl groups is 6. The Morgan fingerprint density at radius 1 is 0.636 bits per heavy atom. The monoisotopic (exact) mass is 679 g/mol. The molecule has 0 rings (SSSR count). The van der Waals surface area contributed by atoms with E-state index in [1.54, 1.807) is 0 Å². The van der Waals surface area contributed by atoms with Gasteiger partial charge in [0.15, 0.2) is 53.1 Å². The van der Waals surface area contributed by atoms with E-state index in [9.17, 15) is 33.9 Å². The van der Waals surface area contributed by atoms with E-state index in [0.29, 0.717) is 0 Å². The largest absolute Gasteiger partial charge is 0.495 e. The van der Waals surface area contributed by atoms with Gasteiger partial charge < -0.3 is 60.4 Å². The summed E-state index contributed by atoms with van der Waals surface area (Å²) in [5.74, 6) is -4.62. The molecule has 0 aromatic heterocycles. The van der Waals surface area contributed by atoms with Gasteiger partial charge in [0.05, 0.1) is 41.2 Å². The maximum Gasteiger partial charge on any atom is 0.330 e. The predicted molar refractivity (Wildman–Crippen MR) is 147 cm³/mol. The van der Waals surface area contributed by atoms with Crippen molar-refractivity contribution in [1.29, 1.82) is 0 Å². The first-order valence-corrected chi connectivity index (χ1v) is 12.0. The van der Waals surface area contributed by atoms with Crippen molar-refractivity contribution in [2.75, 3.05) is 48.2 Å². The molecule has 0 bridgehead atoms. The Kier molecular flexibility index (Phi) is 28.1. The van der Waals surface area contributed by atoms with Crippen molar-refractivity contribution in [3.8, 4) is 0 Å². The fraction of sp³-hybridized carbons (Fsp3) is 0.520. The summed E-state index contributed by atoms with van der Waals surface area (Å²) in [4.78, 5) is 65.7. The number of carbonyl (C=O) groups excluding carboxylic acids is 6. The van der Waals surface area contributed by atoms with Gasteiger partial charge in [-0.25, -0.2) is 14.4 Å². The number of likely N-dealkylation sites (N-methyl/N-ethyl adjacent to an activating group) is 1. The molecule has 0 aromatic rings. The number of ether oxygens (including phenoxy) is 3. The van der Waals surface area contributed by atoms with Crippen molar-refractivity contribution in [2.24, 2.45) is 0 Å². The molecule has 0 heterocycles. The van der Waals surface area contributed by atoms with Gasteiger partial charge >= 0.3 is 17.9 Å². The van der Waals surface area contributed by atoms with Crippen LogP contribution in [0.2, 0.25) is 0 Å². The Balaban J connectivity index is -0.000000270. The van der Waals surface area contributed by atoms with Crippen molar-refractivity contribution in [3.05, 3.63) is 35.9 Å². The molecule has 0 amide bonds. The topological polar surface area (TPSA) is 279 Å². The predicted octanol–water partition coefficient (Wildman–Crippen LogP) is -2.37. The zero-order valence-corrected chi connectivity index (χ0v) is 26.3. The summed E-state index contributed by atoms with van der Waals surface area (Å²) in [6.07, 6.45) is 2.74. The first kappa shape index (κ1) is 46.8. The number of allylic oxidation sites excluding steroid dienone is 3. The molecule has 0 aliphatic heterocycles. The number of rotatable bonds is 15. The van der Waals surface area contributed by atoms with Gasteiger partial charge in [0, 0.05) is 42.3 Å². The van der Waals surface area contributed by atoms with Crippen molar-refractivity contribution in [2.45, 2.75) is 38.9 Å². The normalized spacial score (nSPS) is 12.9. The third-order valence-electron chi connectivity index (χ3n) is 4.47. The van der Waals surface area contributed by atoms with Crippen LogP contribution in [0.3, 0.4) is 0 Å². The minimum absolute atomic E-state index is 0. The molecule has 0 saturated carbocycles. The third kappa shape index (κ3) is 22.4. The number of nitrogens with one attached hydrogen (secondary N) is 2. The summed E-state index contributed by atoms with van der Waals surface area (Å²) in [6, 6.07) is -3.17. The summed E-state index contributed by atoms with van der Waals surface area (Å²) >= 11 is 0. The van der Waals surface area contributed by atoms with E-state index in [1.165, 1.54) is 34.9 Å². The standard InChI is InChI=1S/C9H15NO5.2C8H13NO5.Fe/c1-6(12)4-8(13)10(2)7(5-11)9(14)15-3;2*1-5(11)3-7(12)9-6(4-10)8(13)14-2;/h4,7,11,13H,5H2,1-3H3;2*3,6,9-10,12H,4H2,1-2H3;/t;2*6-;/m.00./s1. The van der Waals surface area contributed by atoms with Gasteiger partial charge in [0.1, 0.15) is 0 Å². The molecule has 0 aliphatic rings. The molecule has 0 saturated heterocycles. The first-order chi connectivity index (χ1) is 19.9. The van der Waals surface area contributed by atoms with Gasteiger partial charge in [-0.15, -0.1) is 0 Å². The van der Waals surface area contributed by atoms with Gasteiger partial charge in [0.2, 0.25) is 0 Å². The molecule has 44 heavy (non-hydrogen) atoms. The van der Waals surface area contributed by atoms with Crippen LogP contribution >= 0.6 is 0 Å². The number of carbonyl (C=O) groups is 6. The third-order valence-corrected chi connectivity index (χ3v) is 4.47. The molecule has 19 heteroatoms. The molecule has 8 N–H and O–H groups in total. The van der Waals surface area contributed by atoms with Crippen LogP contribution in [0.25, 0.3) is 0 Å². The van der Waals surface area contributed by atoms with E-state index in [-0.39, 0.29) is 34.4 Å². The van der Waals surface area contributed by atoms with Crippen molar-refractivity contribution in [3.63, 3.8) is 0 Å². The van der Waals surface area contributed by atoms with Crippen molar-refractivity contribution >= 4 is 35.3 Å². The number of aliphatic hydroxyl groups excluding tert-OH is 6. The Labute approximate surface area is 264 Å². The van der Waals surface area contributed by atoms with Gasteiger partial charge in [-0.05, 0) is 20.8 Å². The SMILES string of the molecule is COC(=O)C(CO)N(C)C(O)=CC(C)=O.COC(=O)[C@H](CO)NC(O)=CC(C)=O.COC(=O)[C@H](CO)NC(O)=CC(C)=O.[Fe]. The Morgan fingerprint density at radius 3 is 1.18 bits per heavy atom. The summed E-state index contributed by atoms with van der Waals surface area (Å²) in [5, 5.41) is 58.3. The number of ketones is 3. The number of nitrogens with zero attached hydrogens (tertiary/aromatic N) is 1. The van der Waals surface area contributed by atoms with Gasteiger partial charge in [0.25, 0.3) is 0 Å². The van der Waals surface area contributed by atoms with Crippen molar-refractivity contribution in [1.82, 2.24) is 15.5 Å². The molecule has 0 spiro atoms. The van der Waals surface area contributed by atoms with Crippen LogP contribution in [0.15, 0.2) is 35.9 Å². The first-order valence-electron chi connectivity index (χ1n) is 12.0. The summed E-state index contributed by atoms with van der Waals surface area (Å²) in [5.41, 5.74) is 0. The smallest absolute Gasteiger partial charge is 0.330 e. The van der Waals surface area contributed by atoms with Crippen LogP contribution in [0.5, 0.6) is 0 Å². The Bertz CT molecular complexity index is 978. The second-order valence-electron chi connectivity index (χ2n) is 8.03. The van der Waals surface area contributed by atoms with Crippen molar-refractivity contribution < 1.29 is 90.7 Å². The molecule has 0 radical (unpaired) electrons. The molecule has 0 aromatic carbocycles. The van der Waals surface area contributed by atoms with E-state index >= 15 is 0 Å². The second kappa shape index (κ2) is 26.5. The average Bonchev–Trinajstić information content (AvgIpc) is 2.93. The quantitative estimate of drug-likeness (QED) is 0.0295. The molecule has 0 fully saturated rings. The van der Waals surface area contributed by atoms with Crippen LogP contribution < -0.4 is 10.6 Å². The maximum atomic E-state index is 11.1. The molecule has 3 atom stereocenters. The molecular formula is C25H41FeN3O15. The molecular weight excluding hydrogens is 638 g/mol. The summed E-state index contributed by atoms with van der Waals surface area (Å²) < 4.78 is 13.1. The maximum absolute atomic E-state index is 11.1. The zero-order chi connectivity index (χ0) is 34.3. The summed E-state index contributed by atoms with van der Waals surface area (Å²) in [6.45, 7) is 2.15. The van der Waals surface area contributed by atoms with E-state index in [4.69, 9.17) is 25.5 Å².